The first-order valence-corrected chi connectivity index (χ1v) is 7.07. The van der Waals surface area contributed by atoms with Crippen LogP contribution in [0.3, 0.4) is 0 Å². The molecule has 0 unspecified atom stereocenters. The standard InChI is InChI=1S/C14H9BrO2S/c15-13-6-5-10(18-13)7-9-8-17-12-4-2-1-3-11(12)14(9)16/h1-7H,8H2/b9-7+. The number of para-hydroxylation sites is 1. The number of thiophene rings is 1. The monoisotopic (exact) mass is 320 g/mol. The Morgan fingerprint density at radius 1 is 1.22 bits per heavy atom. The van der Waals surface area contributed by atoms with Crippen molar-refractivity contribution in [3.63, 3.8) is 0 Å². The molecule has 3 rings (SSSR count). The van der Waals surface area contributed by atoms with Crippen molar-refractivity contribution in [3.05, 3.63) is 56.2 Å². The van der Waals surface area contributed by atoms with Crippen molar-refractivity contribution in [2.24, 2.45) is 0 Å². The molecule has 2 aromatic rings. The van der Waals surface area contributed by atoms with Crippen LogP contribution in [-0.2, 0) is 0 Å². The molecule has 0 amide bonds. The first kappa shape index (κ1) is 11.7. The molecule has 0 atom stereocenters. The van der Waals surface area contributed by atoms with Crippen LogP contribution in [0.15, 0.2) is 45.8 Å². The molecule has 0 saturated heterocycles. The summed E-state index contributed by atoms with van der Waals surface area (Å²) in [5.41, 5.74) is 1.34. The number of halogens is 1. The second kappa shape index (κ2) is 4.71. The fourth-order valence-electron chi connectivity index (χ4n) is 1.86. The second-order valence-electron chi connectivity index (χ2n) is 3.93. The lowest BCUT2D eigenvalue weighted by molar-refractivity contribution is 0.100. The maximum Gasteiger partial charge on any atom is 0.196 e. The van der Waals surface area contributed by atoms with Gasteiger partial charge in [-0.2, -0.15) is 0 Å². The van der Waals surface area contributed by atoms with Gasteiger partial charge in [-0.3, -0.25) is 4.79 Å². The lowest BCUT2D eigenvalue weighted by Gasteiger charge is -2.18. The summed E-state index contributed by atoms with van der Waals surface area (Å²) in [6.07, 6.45) is 1.90. The zero-order valence-corrected chi connectivity index (χ0v) is 11.8. The van der Waals surface area contributed by atoms with Crippen LogP contribution in [0.5, 0.6) is 5.75 Å². The van der Waals surface area contributed by atoms with Crippen molar-refractivity contribution >= 4 is 39.1 Å². The van der Waals surface area contributed by atoms with Gasteiger partial charge >= 0.3 is 0 Å². The minimum absolute atomic E-state index is 0.0568. The Bertz CT molecular complexity index is 643. The highest BCUT2D eigenvalue weighted by molar-refractivity contribution is 9.11. The summed E-state index contributed by atoms with van der Waals surface area (Å²) in [4.78, 5) is 13.3. The van der Waals surface area contributed by atoms with Gasteiger partial charge in [0.05, 0.1) is 9.35 Å². The Kier molecular flexibility index (Phi) is 3.06. The predicted molar refractivity (Wildman–Crippen MR) is 76.3 cm³/mol. The highest BCUT2D eigenvalue weighted by atomic mass is 79.9. The average molecular weight is 321 g/mol. The van der Waals surface area contributed by atoms with Crippen LogP contribution in [0.1, 0.15) is 15.2 Å². The largest absolute Gasteiger partial charge is 0.488 e. The van der Waals surface area contributed by atoms with Crippen LogP contribution >= 0.6 is 27.3 Å². The molecular formula is C14H9BrO2S. The van der Waals surface area contributed by atoms with E-state index in [0.29, 0.717) is 23.5 Å². The summed E-state index contributed by atoms with van der Waals surface area (Å²) < 4.78 is 6.64. The molecule has 0 aliphatic carbocycles. The van der Waals surface area contributed by atoms with Gasteiger partial charge in [-0.15, -0.1) is 11.3 Å². The van der Waals surface area contributed by atoms with Gasteiger partial charge in [-0.05, 0) is 46.3 Å². The number of rotatable bonds is 1. The number of carbonyl (C=O) groups excluding carboxylic acids is 1. The molecule has 1 aliphatic rings. The van der Waals surface area contributed by atoms with Crippen molar-refractivity contribution < 1.29 is 9.53 Å². The van der Waals surface area contributed by atoms with Crippen molar-refractivity contribution in [3.8, 4) is 5.75 Å². The number of benzene rings is 1. The fourth-order valence-corrected chi connectivity index (χ4v) is 3.25. The van der Waals surface area contributed by atoms with Gasteiger partial charge in [0.15, 0.2) is 5.78 Å². The number of hydrogen-bond donors (Lipinski definition) is 0. The van der Waals surface area contributed by atoms with Crippen molar-refractivity contribution in [1.82, 2.24) is 0 Å². The van der Waals surface area contributed by atoms with E-state index < -0.39 is 0 Å². The summed E-state index contributed by atoms with van der Waals surface area (Å²) in [6, 6.07) is 11.3. The van der Waals surface area contributed by atoms with E-state index in [2.05, 4.69) is 15.9 Å². The van der Waals surface area contributed by atoms with E-state index in [1.54, 1.807) is 17.4 Å². The summed E-state index contributed by atoms with van der Waals surface area (Å²) in [5.74, 6) is 0.730. The van der Waals surface area contributed by atoms with E-state index >= 15 is 0 Å². The van der Waals surface area contributed by atoms with Crippen molar-refractivity contribution in [2.75, 3.05) is 6.61 Å². The number of ketones is 1. The highest BCUT2D eigenvalue weighted by Crippen LogP contribution is 2.29. The van der Waals surface area contributed by atoms with E-state index in [9.17, 15) is 4.79 Å². The Balaban J connectivity index is 1.98. The predicted octanol–water partition coefficient (Wildman–Crippen LogP) is 4.17. The molecule has 0 fully saturated rings. The minimum atomic E-state index is 0.0568. The van der Waals surface area contributed by atoms with Crippen LogP contribution in [0.2, 0.25) is 0 Å². The summed E-state index contributed by atoms with van der Waals surface area (Å²) in [5, 5.41) is 0. The average Bonchev–Trinajstić information content (AvgIpc) is 2.79. The van der Waals surface area contributed by atoms with Gasteiger partial charge in [0.2, 0.25) is 0 Å². The van der Waals surface area contributed by atoms with Crippen LogP contribution in [0.4, 0.5) is 0 Å². The van der Waals surface area contributed by atoms with E-state index in [1.807, 2.05) is 36.4 Å². The van der Waals surface area contributed by atoms with E-state index in [1.165, 1.54) is 0 Å². The molecule has 2 nitrogen and oxygen atoms in total. The third-order valence-electron chi connectivity index (χ3n) is 2.72. The first-order chi connectivity index (χ1) is 8.74. The summed E-state index contributed by atoms with van der Waals surface area (Å²) >= 11 is 5.01. The van der Waals surface area contributed by atoms with Gasteiger partial charge in [-0.1, -0.05) is 12.1 Å². The maximum atomic E-state index is 12.3. The molecule has 0 saturated carbocycles. The van der Waals surface area contributed by atoms with Gasteiger partial charge in [0.25, 0.3) is 0 Å². The van der Waals surface area contributed by atoms with Crippen LogP contribution < -0.4 is 4.74 Å². The zero-order chi connectivity index (χ0) is 12.5. The zero-order valence-electron chi connectivity index (χ0n) is 9.35. The van der Waals surface area contributed by atoms with Gasteiger partial charge in [0.1, 0.15) is 12.4 Å². The van der Waals surface area contributed by atoms with Crippen LogP contribution in [0.25, 0.3) is 6.08 Å². The molecule has 4 heteroatoms. The Morgan fingerprint density at radius 3 is 2.83 bits per heavy atom. The topological polar surface area (TPSA) is 26.3 Å². The molecule has 0 N–H and O–H groups in total. The number of fused-ring (bicyclic) bond motifs is 1. The molecule has 1 aliphatic heterocycles. The van der Waals surface area contributed by atoms with E-state index in [0.717, 1.165) is 8.66 Å². The van der Waals surface area contributed by atoms with Gasteiger partial charge in [-0.25, -0.2) is 0 Å². The minimum Gasteiger partial charge on any atom is -0.488 e. The second-order valence-corrected chi connectivity index (χ2v) is 6.42. The molecule has 90 valence electrons. The summed E-state index contributed by atoms with van der Waals surface area (Å²) in [6.45, 7) is 0.339. The maximum absolute atomic E-state index is 12.3. The molecule has 1 aromatic heterocycles. The Morgan fingerprint density at radius 2 is 2.06 bits per heavy atom. The number of hydrogen-bond acceptors (Lipinski definition) is 3. The number of ether oxygens (including phenoxy) is 1. The van der Waals surface area contributed by atoms with Gasteiger partial charge < -0.3 is 4.74 Å². The third-order valence-corrected chi connectivity index (χ3v) is 4.29. The molecular weight excluding hydrogens is 312 g/mol. The summed E-state index contributed by atoms with van der Waals surface area (Å²) in [7, 11) is 0. The lowest BCUT2D eigenvalue weighted by atomic mass is 10.00. The third kappa shape index (κ3) is 2.13. The van der Waals surface area contributed by atoms with E-state index in [-0.39, 0.29) is 5.78 Å². The quantitative estimate of drug-likeness (QED) is 0.737. The molecule has 1 aromatic carbocycles. The lowest BCUT2D eigenvalue weighted by Crippen LogP contribution is -2.18. The first-order valence-electron chi connectivity index (χ1n) is 5.46. The van der Waals surface area contributed by atoms with Gasteiger partial charge in [0, 0.05) is 10.5 Å². The highest BCUT2D eigenvalue weighted by Gasteiger charge is 2.22. The molecule has 2 heterocycles. The molecule has 18 heavy (non-hydrogen) atoms. The smallest absolute Gasteiger partial charge is 0.196 e. The number of Topliss-reactive ketones (excluding diaryl/α,β-unsaturated/α-hetero) is 1. The molecule has 0 bridgehead atoms. The Hall–Kier alpha value is -1.39. The van der Waals surface area contributed by atoms with Crippen LogP contribution in [-0.4, -0.2) is 12.4 Å². The SMILES string of the molecule is O=C1/C(=C/c2ccc(Br)s2)COc2ccccc21. The number of carbonyl (C=O) groups is 1. The fraction of sp³-hybridized carbons (Fsp3) is 0.0714. The molecule has 0 spiro atoms. The van der Waals surface area contributed by atoms with E-state index in [4.69, 9.17) is 4.74 Å². The van der Waals surface area contributed by atoms with Crippen molar-refractivity contribution in [2.45, 2.75) is 0 Å². The molecule has 0 radical (unpaired) electrons. The van der Waals surface area contributed by atoms with Crippen molar-refractivity contribution in [1.29, 1.82) is 0 Å². The Labute approximate surface area is 117 Å². The van der Waals surface area contributed by atoms with Crippen LogP contribution in [0, 0.1) is 0 Å². The normalized spacial score (nSPS) is 16.5.